The van der Waals surface area contributed by atoms with Gasteiger partial charge in [0, 0.05) is 14.1 Å². The highest BCUT2D eigenvalue weighted by Gasteiger charge is 2.28. The van der Waals surface area contributed by atoms with E-state index in [4.69, 9.17) is 16.9 Å². The standard InChI is InChI=1S/C9H13ClN4O2S/c1-6(2)8-9(10)12-7(5-11)14(8)17(15,16)13(3)4/h6H,1-4H3. The Kier molecular flexibility index (Phi) is 3.81. The molecule has 1 rings (SSSR count). The van der Waals surface area contributed by atoms with Crippen molar-refractivity contribution in [2.24, 2.45) is 0 Å². The molecule has 8 heteroatoms. The molecule has 94 valence electrons. The summed E-state index contributed by atoms with van der Waals surface area (Å²) < 4.78 is 26.1. The Balaban J connectivity index is 3.69. The average molecular weight is 277 g/mol. The summed E-state index contributed by atoms with van der Waals surface area (Å²) >= 11 is 5.87. The molecule has 0 aliphatic carbocycles. The molecule has 0 radical (unpaired) electrons. The second-order valence-electron chi connectivity index (χ2n) is 3.93. The molecule has 1 aromatic heterocycles. The molecule has 0 aromatic carbocycles. The molecular weight excluding hydrogens is 264 g/mol. The summed E-state index contributed by atoms with van der Waals surface area (Å²) in [6, 6.07) is 1.73. The number of rotatable bonds is 3. The van der Waals surface area contributed by atoms with Gasteiger partial charge in [-0.15, -0.1) is 0 Å². The summed E-state index contributed by atoms with van der Waals surface area (Å²) in [6.45, 7) is 3.57. The van der Waals surface area contributed by atoms with Crippen LogP contribution in [0.25, 0.3) is 0 Å². The number of aromatic nitrogens is 2. The van der Waals surface area contributed by atoms with Crippen LogP contribution in [-0.2, 0) is 10.2 Å². The molecule has 0 saturated heterocycles. The molecule has 17 heavy (non-hydrogen) atoms. The van der Waals surface area contributed by atoms with Crippen LogP contribution in [0.4, 0.5) is 0 Å². The van der Waals surface area contributed by atoms with Crippen molar-refractivity contribution >= 4 is 21.8 Å². The molecule has 6 nitrogen and oxygen atoms in total. The Morgan fingerprint density at radius 3 is 2.35 bits per heavy atom. The van der Waals surface area contributed by atoms with Crippen molar-refractivity contribution in [2.75, 3.05) is 14.1 Å². The first kappa shape index (κ1) is 14.0. The van der Waals surface area contributed by atoms with E-state index in [1.807, 2.05) is 0 Å². The summed E-state index contributed by atoms with van der Waals surface area (Å²) in [6.07, 6.45) is 0. The molecule has 0 N–H and O–H groups in total. The third-order valence-corrected chi connectivity index (χ3v) is 4.20. The lowest BCUT2D eigenvalue weighted by Crippen LogP contribution is -2.31. The first-order valence-corrected chi connectivity index (χ1v) is 6.62. The molecular formula is C9H13ClN4O2S. The summed E-state index contributed by atoms with van der Waals surface area (Å²) in [5.74, 6) is -0.390. The molecule has 1 heterocycles. The smallest absolute Gasteiger partial charge is 0.206 e. The van der Waals surface area contributed by atoms with Gasteiger partial charge >= 0.3 is 10.2 Å². The van der Waals surface area contributed by atoms with Crippen molar-refractivity contribution < 1.29 is 8.42 Å². The van der Waals surface area contributed by atoms with Crippen molar-refractivity contribution in [3.05, 3.63) is 16.7 Å². The second-order valence-corrected chi connectivity index (χ2v) is 6.28. The van der Waals surface area contributed by atoms with Crippen LogP contribution in [0.15, 0.2) is 0 Å². The first-order valence-electron chi connectivity index (χ1n) is 4.84. The maximum absolute atomic E-state index is 12.1. The van der Waals surface area contributed by atoms with E-state index in [1.165, 1.54) is 14.1 Å². The van der Waals surface area contributed by atoms with Gasteiger partial charge in [-0.2, -0.15) is 22.0 Å². The second kappa shape index (κ2) is 4.64. The van der Waals surface area contributed by atoms with Crippen molar-refractivity contribution in [1.82, 2.24) is 13.3 Å². The molecule has 0 unspecified atom stereocenters. The van der Waals surface area contributed by atoms with E-state index in [-0.39, 0.29) is 16.9 Å². The molecule has 0 amide bonds. The van der Waals surface area contributed by atoms with Gasteiger partial charge in [0.2, 0.25) is 5.82 Å². The predicted molar refractivity (Wildman–Crippen MR) is 64.0 cm³/mol. The highest BCUT2D eigenvalue weighted by Crippen LogP contribution is 2.27. The SMILES string of the molecule is CC(C)c1c(Cl)nc(C#N)n1S(=O)(=O)N(C)C. The number of imidazole rings is 1. The van der Waals surface area contributed by atoms with Crippen LogP contribution in [-0.4, -0.2) is 35.8 Å². The minimum Gasteiger partial charge on any atom is -0.206 e. The fraction of sp³-hybridized carbons (Fsp3) is 0.556. The lowest BCUT2D eigenvalue weighted by Gasteiger charge is -2.16. The largest absolute Gasteiger partial charge is 0.309 e. The molecule has 0 atom stereocenters. The third-order valence-electron chi connectivity index (χ3n) is 2.17. The van der Waals surface area contributed by atoms with Crippen LogP contribution in [0.1, 0.15) is 31.3 Å². The monoisotopic (exact) mass is 276 g/mol. The van der Waals surface area contributed by atoms with E-state index in [0.717, 1.165) is 8.28 Å². The number of halogens is 1. The predicted octanol–water partition coefficient (Wildman–Crippen LogP) is 1.19. The summed E-state index contributed by atoms with van der Waals surface area (Å²) in [5, 5.41) is 8.95. The quantitative estimate of drug-likeness (QED) is 0.830. The summed E-state index contributed by atoms with van der Waals surface area (Å²) in [5.41, 5.74) is 0.317. The minimum absolute atomic E-state index is 0.0435. The fourth-order valence-corrected chi connectivity index (χ4v) is 2.94. The molecule has 0 bridgehead atoms. The van der Waals surface area contributed by atoms with E-state index >= 15 is 0 Å². The van der Waals surface area contributed by atoms with Crippen molar-refractivity contribution in [1.29, 1.82) is 5.26 Å². The first-order chi connectivity index (χ1) is 7.73. The molecule has 0 fully saturated rings. The summed E-state index contributed by atoms with van der Waals surface area (Å²) in [4.78, 5) is 3.76. The lowest BCUT2D eigenvalue weighted by atomic mass is 10.2. The van der Waals surface area contributed by atoms with E-state index < -0.39 is 10.2 Å². The summed E-state index contributed by atoms with van der Waals surface area (Å²) in [7, 11) is -1.03. The van der Waals surface area contributed by atoms with Crippen molar-refractivity contribution in [3.63, 3.8) is 0 Å². The molecule has 0 aliphatic rings. The van der Waals surface area contributed by atoms with E-state index in [2.05, 4.69) is 4.98 Å². The van der Waals surface area contributed by atoms with E-state index in [0.29, 0.717) is 5.69 Å². The number of hydrogen-bond donors (Lipinski definition) is 0. The molecule has 0 saturated carbocycles. The van der Waals surface area contributed by atoms with Crippen LogP contribution < -0.4 is 0 Å². The van der Waals surface area contributed by atoms with Crippen LogP contribution in [0, 0.1) is 11.3 Å². The van der Waals surface area contributed by atoms with Gasteiger partial charge in [0.25, 0.3) is 0 Å². The van der Waals surface area contributed by atoms with Crippen molar-refractivity contribution in [2.45, 2.75) is 19.8 Å². The molecule has 1 aromatic rings. The van der Waals surface area contributed by atoms with Gasteiger partial charge in [-0.25, -0.2) is 4.98 Å². The maximum atomic E-state index is 12.1. The van der Waals surface area contributed by atoms with Crippen LogP contribution in [0.2, 0.25) is 5.15 Å². The van der Waals surface area contributed by atoms with Gasteiger partial charge in [0.1, 0.15) is 6.07 Å². The Morgan fingerprint density at radius 2 is 2.00 bits per heavy atom. The Morgan fingerprint density at radius 1 is 1.47 bits per heavy atom. The zero-order valence-corrected chi connectivity index (χ0v) is 11.5. The Bertz CT molecular complexity index is 569. The van der Waals surface area contributed by atoms with Crippen LogP contribution in [0.3, 0.4) is 0 Å². The Labute approximate surface area is 106 Å². The highest BCUT2D eigenvalue weighted by atomic mass is 35.5. The average Bonchev–Trinajstić information content (AvgIpc) is 2.55. The van der Waals surface area contributed by atoms with Gasteiger partial charge in [-0.05, 0) is 5.92 Å². The molecule has 0 spiro atoms. The van der Waals surface area contributed by atoms with Crippen molar-refractivity contribution in [3.8, 4) is 6.07 Å². The van der Waals surface area contributed by atoms with Gasteiger partial charge in [0.15, 0.2) is 5.15 Å². The molecule has 0 aliphatic heterocycles. The van der Waals surface area contributed by atoms with Gasteiger partial charge in [0.05, 0.1) is 5.69 Å². The van der Waals surface area contributed by atoms with Crippen LogP contribution >= 0.6 is 11.6 Å². The van der Waals surface area contributed by atoms with Crippen LogP contribution in [0.5, 0.6) is 0 Å². The zero-order valence-electron chi connectivity index (χ0n) is 9.97. The fourth-order valence-electron chi connectivity index (χ4n) is 1.33. The minimum atomic E-state index is -3.79. The Hall–Kier alpha value is -1.10. The number of hydrogen-bond acceptors (Lipinski definition) is 4. The maximum Gasteiger partial charge on any atom is 0.309 e. The number of nitriles is 1. The zero-order chi connectivity index (χ0) is 13.4. The lowest BCUT2D eigenvalue weighted by molar-refractivity contribution is 0.506. The van der Waals surface area contributed by atoms with Gasteiger partial charge < -0.3 is 0 Å². The topological polar surface area (TPSA) is 79.0 Å². The highest BCUT2D eigenvalue weighted by molar-refractivity contribution is 7.87. The number of nitrogens with zero attached hydrogens (tertiary/aromatic N) is 4. The normalized spacial score (nSPS) is 12.1. The third kappa shape index (κ3) is 2.29. The van der Waals surface area contributed by atoms with Gasteiger partial charge in [-0.1, -0.05) is 25.4 Å². The van der Waals surface area contributed by atoms with E-state index in [1.54, 1.807) is 19.9 Å². The van der Waals surface area contributed by atoms with E-state index in [9.17, 15) is 8.42 Å². The van der Waals surface area contributed by atoms with Gasteiger partial charge in [-0.3, -0.25) is 0 Å².